The van der Waals surface area contributed by atoms with Crippen molar-refractivity contribution in [2.45, 2.75) is 6.92 Å². The number of rotatable bonds is 4. The van der Waals surface area contributed by atoms with Gasteiger partial charge in [-0.2, -0.15) is 0 Å². The Balaban J connectivity index is 2.50. The second kappa shape index (κ2) is 6.24. The lowest BCUT2D eigenvalue weighted by molar-refractivity contribution is 0.252. The molecule has 0 unspecified atom stereocenters. The van der Waals surface area contributed by atoms with Crippen molar-refractivity contribution in [1.29, 1.82) is 0 Å². The van der Waals surface area contributed by atoms with Crippen molar-refractivity contribution in [1.82, 2.24) is 15.3 Å². The zero-order chi connectivity index (χ0) is 12.7. The minimum absolute atomic E-state index is 0.111. The van der Waals surface area contributed by atoms with E-state index in [4.69, 9.17) is 0 Å². The highest BCUT2D eigenvalue weighted by atomic mass is 16.2. The van der Waals surface area contributed by atoms with E-state index in [0.29, 0.717) is 18.8 Å². The number of hydrogen-bond donors (Lipinski definition) is 3. The molecule has 90 valence electrons. The predicted octanol–water partition coefficient (Wildman–Crippen LogP) is 0.0555. The number of aromatic amines is 1. The van der Waals surface area contributed by atoms with E-state index in [2.05, 4.69) is 38.0 Å². The van der Waals surface area contributed by atoms with Crippen molar-refractivity contribution in [3.05, 3.63) is 28.7 Å². The molecule has 1 heterocycles. The summed E-state index contributed by atoms with van der Waals surface area (Å²) in [7, 11) is 0. The van der Waals surface area contributed by atoms with Gasteiger partial charge >= 0.3 is 6.03 Å². The highest BCUT2D eigenvalue weighted by Crippen LogP contribution is 1.94. The molecule has 0 saturated carbocycles. The van der Waals surface area contributed by atoms with E-state index in [1.54, 1.807) is 6.92 Å². The van der Waals surface area contributed by atoms with Crippen molar-refractivity contribution in [2.75, 3.05) is 18.4 Å². The third-order valence-corrected chi connectivity index (χ3v) is 1.72. The Morgan fingerprint density at radius 1 is 1.71 bits per heavy atom. The summed E-state index contributed by atoms with van der Waals surface area (Å²) >= 11 is 0. The van der Waals surface area contributed by atoms with Gasteiger partial charge in [0.2, 0.25) is 5.95 Å². The van der Waals surface area contributed by atoms with Gasteiger partial charge in [-0.25, -0.2) is 14.8 Å². The maximum Gasteiger partial charge on any atom is 0.321 e. The topological polar surface area (TPSA) is 99.2 Å². The molecule has 0 saturated heterocycles. The molecule has 0 aliphatic heterocycles. The fourth-order valence-corrected chi connectivity index (χ4v) is 1.09. The lowest BCUT2D eigenvalue weighted by Crippen LogP contribution is -2.32. The Hall–Kier alpha value is -2.40. The standard InChI is InChI=1S/C10H13N5O2/c1-3-11-4-5-12-10(17)15-9-13-7(2)6-8(16)14-9/h6H,1,4-5H2,2H3,(H3,12,13,14,15,16,17). The minimum atomic E-state index is -0.460. The first-order valence-electron chi connectivity index (χ1n) is 4.93. The van der Waals surface area contributed by atoms with Crippen LogP contribution in [-0.4, -0.2) is 35.0 Å². The van der Waals surface area contributed by atoms with Crippen LogP contribution in [0.3, 0.4) is 0 Å². The van der Waals surface area contributed by atoms with Gasteiger partial charge < -0.3 is 5.32 Å². The molecule has 17 heavy (non-hydrogen) atoms. The number of aryl methyl sites for hydroxylation is 1. The number of urea groups is 1. The lowest BCUT2D eigenvalue weighted by atomic mass is 10.4. The van der Waals surface area contributed by atoms with Crippen molar-refractivity contribution < 1.29 is 4.79 Å². The zero-order valence-corrected chi connectivity index (χ0v) is 9.41. The average molecular weight is 235 g/mol. The number of nitrogens with one attached hydrogen (secondary N) is 3. The van der Waals surface area contributed by atoms with Gasteiger partial charge in [-0.15, -0.1) is 0 Å². The van der Waals surface area contributed by atoms with Crippen LogP contribution in [0.5, 0.6) is 0 Å². The highest BCUT2D eigenvalue weighted by molar-refractivity contribution is 5.87. The van der Waals surface area contributed by atoms with Crippen molar-refractivity contribution in [3.8, 4) is 0 Å². The van der Waals surface area contributed by atoms with E-state index in [0.717, 1.165) is 0 Å². The molecular formula is C10H13N5O2. The monoisotopic (exact) mass is 235 g/mol. The van der Waals surface area contributed by atoms with Gasteiger partial charge in [-0.05, 0) is 19.4 Å². The number of carbonyl (C=O) groups is 1. The van der Waals surface area contributed by atoms with Crippen LogP contribution in [-0.2, 0) is 0 Å². The Kier molecular flexibility index (Phi) is 4.65. The SMILES string of the molecule is C=C=NCCNC(=O)Nc1nc(C)cc(=O)[nH]1. The summed E-state index contributed by atoms with van der Waals surface area (Å²) in [6.45, 7) is 5.71. The molecule has 1 aromatic rings. The molecule has 0 aliphatic rings. The van der Waals surface area contributed by atoms with Gasteiger partial charge in [0, 0.05) is 18.3 Å². The maximum absolute atomic E-state index is 11.3. The zero-order valence-electron chi connectivity index (χ0n) is 9.41. The molecule has 0 spiro atoms. The normalized spacial score (nSPS) is 9.24. The van der Waals surface area contributed by atoms with Crippen molar-refractivity contribution >= 4 is 17.8 Å². The Bertz CT molecular complexity index is 502. The molecule has 0 aromatic carbocycles. The smallest absolute Gasteiger partial charge is 0.321 e. The van der Waals surface area contributed by atoms with E-state index >= 15 is 0 Å². The molecule has 0 aliphatic carbocycles. The lowest BCUT2D eigenvalue weighted by Gasteiger charge is -2.05. The number of anilines is 1. The van der Waals surface area contributed by atoms with Crippen LogP contribution in [0.4, 0.5) is 10.7 Å². The van der Waals surface area contributed by atoms with E-state index in [9.17, 15) is 9.59 Å². The Labute approximate surface area is 97.7 Å². The van der Waals surface area contributed by atoms with E-state index in [-0.39, 0.29) is 11.5 Å². The second-order valence-electron chi connectivity index (χ2n) is 3.16. The van der Waals surface area contributed by atoms with Crippen LogP contribution in [0.15, 0.2) is 22.4 Å². The van der Waals surface area contributed by atoms with Crippen molar-refractivity contribution in [3.63, 3.8) is 0 Å². The van der Waals surface area contributed by atoms with Crippen LogP contribution in [0.2, 0.25) is 0 Å². The molecular weight excluding hydrogens is 222 g/mol. The van der Waals surface area contributed by atoms with Gasteiger partial charge in [0.25, 0.3) is 5.56 Å². The van der Waals surface area contributed by atoms with Gasteiger partial charge in [0.05, 0.1) is 6.54 Å². The van der Waals surface area contributed by atoms with Crippen LogP contribution >= 0.6 is 0 Å². The summed E-state index contributed by atoms with van der Waals surface area (Å²) in [5.74, 6) is 2.46. The fourth-order valence-electron chi connectivity index (χ4n) is 1.09. The molecule has 7 heteroatoms. The van der Waals surface area contributed by atoms with Crippen LogP contribution in [0.1, 0.15) is 5.69 Å². The van der Waals surface area contributed by atoms with E-state index in [1.807, 2.05) is 0 Å². The average Bonchev–Trinajstić information content (AvgIpc) is 2.23. The Morgan fingerprint density at radius 3 is 3.12 bits per heavy atom. The summed E-state index contributed by atoms with van der Waals surface area (Å²) in [5, 5.41) is 4.94. The van der Waals surface area contributed by atoms with Gasteiger partial charge in [-0.1, -0.05) is 0 Å². The number of hydrogen-bond acceptors (Lipinski definition) is 4. The summed E-state index contributed by atoms with van der Waals surface area (Å²) in [5.41, 5.74) is 0.212. The fraction of sp³-hybridized carbons (Fsp3) is 0.300. The number of amides is 2. The number of aromatic nitrogens is 2. The number of nitrogens with zero attached hydrogens (tertiary/aromatic N) is 2. The second-order valence-corrected chi connectivity index (χ2v) is 3.16. The molecule has 0 fully saturated rings. The quantitative estimate of drug-likeness (QED) is 0.508. The summed E-state index contributed by atoms with van der Waals surface area (Å²) in [6, 6.07) is 0.875. The largest absolute Gasteiger partial charge is 0.336 e. The third kappa shape index (κ3) is 4.76. The molecule has 3 N–H and O–H groups in total. The summed E-state index contributed by atoms with van der Waals surface area (Å²) < 4.78 is 0. The summed E-state index contributed by atoms with van der Waals surface area (Å²) in [4.78, 5) is 32.5. The molecule has 1 rings (SSSR count). The van der Waals surface area contributed by atoms with E-state index in [1.165, 1.54) is 6.07 Å². The molecule has 7 nitrogen and oxygen atoms in total. The number of H-pyrrole nitrogens is 1. The molecule has 0 bridgehead atoms. The van der Waals surface area contributed by atoms with Gasteiger partial charge in [0.15, 0.2) is 0 Å². The van der Waals surface area contributed by atoms with E-state index < -0.39 is 6.03 Å². The molecule has 0 radical (unpaired) electrons. The number of aliphatic imine (C=N–C) groups is 1. The third-order valence-electron chi connectivity index (χ3n) is 1.72. The predicted molar refractivity (Wildman–Crippen MR) is 64.5 cm³/mol. The first kappa shape index (κ1) is 12.7. The maximum atomic E-state index is 11.3. The van der Waals surface area contributed by atoms with Crippen molar-refractivity contribution in [2.24, 2.45) is 4.99 Å². The first-order chi connectivity index (χ1) is 8.11. The van der Waals surface area contributed by atoms with Gasteiger partial charge in [0.1, 0.15) is 0 Å². The minimum Gasteiger partial charge on any atom is -0.336 e. The van der Waals surface area contributed by atoms with Crippen LogP contribution in [0.25, 0.3) is 0 Å². The molecule has 1 aromatic heterocycles. The highest BCUT2D eigenvalue weighted by Gasteiger charge is 2.03. The Morgan fingerprint density at radius 2 is 2.47 bits per heavy atom. The number of carbonyl (C=O) groups excluding carboxylic acids is 1. The molecule has 2 amide bonds. The summed E-state index contributed by atoms with van der Waals surface area (Å²) in [6.07, 6.45) is 0. The van der Waals surface area contributed by atoms with Crippen LogP contribution in [0, 0.1) is 6.92 Å². The molecule has 0 atom stereocenters. The van der Waals surface area contributed by atoms with Crippen LogP contribution < -0.4 is 16.2 Å². The van der Waals surface area contributed by atoms with Gasteiger partial charge in [-0.3, -0.25) is 15.1 Å². The first-order valence-corrected chi connectivity index (χ1v) is 4.93.